The number of carbonyl (C=O) groups is 1. The Balaban J connectivity index is 1.88. The standard InChI is InChI=1S/C13H22N4O/c1-9-7-12(16-17(9)2)15-13(18)8-10-5-3-4-6-11(10)14/h7,10-11H,3-6,8,14H2,1-2H3,(H,15,16,18). The molecule has 1 saturated carbocycles. The number of hydrogen-bond acceptors (Lipinski definition) is 3. The van der Waals surface area contributed by atoms with Gasteiger partial charge >= 0.3 is 0 Å². The lowest BCUT2D eigenvalue weighted by Gasteiger charge is -2.27. The van der Waals surface area contributed by atoms with Gasteiger partial charge in [-0.15, -0.1) is 0 Å². The summed E-state index contributed by atoms with van der Waals surface area (Å²) in [7, 11) is 1.86. The quantitative estimate of drug-likeness (QED) is 0.855. The van der Waals surface area contributed by atoms with Gasteiger partial charge in [-0.3, -0.25) is 9.48 Å². The molecule has 1 amide bonds. The lowest BCUT2D eigenvalue weighted by Crippen LogP contribution is -2.35. The zero-order chi connectivity index (χ0) is 13.1. The highest BCUT2D eigenvalue weighted by Gasteiger charge is 2.24. The van der Waals surface area contributed by atoms with E-state index in [1.54, 1.807) is 4.68 Å². The molecule has 0 spiro atoms. The molecule has 5 nitrogen and oxygen atoms in total. The summed E-state index contributed by atoms with van der Waals surface area (Å²) in [6.07, 6.45) is 5.00. The molecule has 18 heavy (non-hydrogen) atoms. The average Bonchev–Trinajstić information content (AvgIpc) is 2.61. The van der Waals surface area contributed by atoms with E-state index in [0.717, 1.165) is 18.5 Å². The summed E-state index contributed by atoms with van der Waals surface area (Å²) >= 11 is 0. The Hall–Kier alpha value is -1.36. The van der Waals surface area contributed by atoms with E-state index >= 15 is 0 Å². The summed E-state index contributed by atoms with van der Waals surface area (Å²) in [5.74, 6) is 0.975. The number of nitrogens with two attached hydrogens (primary N) is 1. The second kappa shape index (κ2) is 5.52. The molecule has 3 N–H and O–H groups in total. The van der Waals surface area contributed by atoms with Crippen LogP contribution in [0.2, 0.25) is 0 Å². The number of anilines is 1. The van der Waals surface area contributed by atoms with E-state index in [0.29, 0.717) is 18.2 Å². The predicted molar refractivity (Wildman–Crippen MR) is 71.1 cm³/mol. The van der Waals surface area contributed by atoms with Gasteiger partial charge in [0.15, 0.2) is 5.82 Å². The summed E-state index contributed by atoms with van der Waals surface area (Å²) in [5.41, 5.74) is 7.08. The summed E-state index contributed by atoms with van der Waals surface area (Å²) in [6, 6.07) is 2.05. The van der Waals surface area contributed by atoms with Crippen LogP contribution in [0.3, 0.4) is 0 Å². The molecule has 2 unspecified atom stereocenters. The summed E-state index contributed by atoms with van der Waals surface area (Å²) in [5, 5.41) is 7.06. The summed E-state index contributed by atoms with van der Waals surface area (Å²) in [4.78, 5) is 11.9. The van der Waals surface area contributed by atoms with Crippen molar-refractivity contribution in [1.82, 2.24) is 9.78 Å². The van der Waals surface area contributed by atoms with Gasteiger partial charge in [-0.2, -0.15) is 5.10 Å². The second-order valence-corrected chi connectivity index (χ2v) is 5.26. The second-order valence-electron chi connectivity index (χ2n) is 5.26. The SMILES string of the molecule is Cc1cc(NC(=O)CC2CCCCC2N)nn1C. The van der Waals surface area contributed by atoms with Crippen molar-refractivity contribution in [1.29, 1.82) is 0 Å². The number of nitrogens with one attached hydrogen (secondary N) is 1. The van der Waals surface area contributed by atoms with Crippen molar-refractivity contribution in [2.75, 3.05) is 5.32 Å². The maximum absolute atomic E-state index is 11.9. The minimum atomic E-state index is 0.0236. The third-order valence-electron chi connectivity index (χ3n) is 3.80. The van der Waals surface area contributed by atoms with Crippen LogP contribution in [0.5, 0.6) is 0 Å². The normalized spacial score (nSPS) is 23.9. The minimum absolute atomic E-state index is 0.0236. The highest BCUT2D eigenvalue weighted by molar-refractivity contribution is 5.89. The van der Waals surface area contributed by atoms with Gasteiger partial charge in [0.2, 0.25) is 5.91 Å². The summed E-state index contributed by atoms with van der Waals surface area (Å²) in [6.45, 7) is 1.96. The Bertz CT molecular complexity index is 407. The first kappa shape index (κ1) is 13.1. The van der Waals surface area contributed by atoms with E-state index < -0.39 is 0 Å². The number of aryl methyl sites for hydroxylation is 2. The number of amides is 1. The molecule has 2 rings (SSSR count). The fourth-order valence-electron chi connectivity index (χ4n) is 2.54. The van der Waals surface area contributed by atoms with Gasteiger partial charge in [0, 0.05) is 31.3 Å². The molecule has 1 aliphatic carbocycles. The van der Waals surface area contributed by atoms with Crippen LogP contribution in [0.15, 0.2) is 6.07 Å². The maximum Gasteiger partial charge on any atom is 0.225 e. The molecule has 100 valence electrons. The molecule has 0 aliphatic heterocycles. The largest absolute Gasteiger partial charge is 0.327 e. The zero-order valence-corrected chi connectivity index (χ0v) is 11.1. The Morgan fingerprint density at radius 2 is 2.28 bits per heavy atom. The number of hydrogen-bond donors (Lipinski definition) is 2. The fraction of sp³-hybridized carbons (Fsp3) is 0.692. The van der Waals surface area contributed by atoms with Crippen molar-refractivity contribution >= 4 is 11.7 Å². The molecule has 2 atom stereocenters. The lowest BCUT2D eigenvalue weighted by molar-refractivity contribution is -0.117. The minimum Gasteiger partial charge on any atom is -0.327 e. The van der Waals surface area contributed by atoms with Crippen LogP contribution in [-0.4, -0.2) is 21.7 Å². The Labute approximate surface area is 108 Å². The topological polar surface area (TPSA) is 72.9 Å². The van der Waals surface area contributed by atoms with Crippen molar-refractivity contribution in [2.24, 2.45) is 18.7 Å². The molecule has 0 aromatic carbocycles. The molecule has 0 saturated heterocycles. The van der Waals surface area contributed by atoms with Gasteiger partial charge in [-0.25, -0.2) is 0 Å². The molecule has 1 heterocycles. The third-order valence-corrected chi connectivity index (χ3v) is 3.80. The molecule has 0 radical (unpaired) electrons. The Morgan fingerprint density at radius 3 is 2.89 bits per heavy atom. The van der Waals surface area contributed by atoms with Gasteiger partial charge in [0.1, 0.15) is 0 Å². The molecular weight excluding hydrogens is 228 g/mol. The molecule has 1 aromatic rings. The van der Waals surface area contributed by atoms with Crippen molar-refractivity contribution in [3.8, 4) is 0 Å². The molecule has 1 fully saturated rings. The molecule has 5 heteroatoms. The van der Waals surface area contributed by atoms with Crippen molar-refractivity contribution < 1.29 is 4.79 Å². The smallest absolute Gasteiger partial charge is 0.225 e. The first-order chi connectivity index (χ1) is 8.56. The van der Waals surface area contributed by atoms with Crippen molar-refractivity contribution in [2.45, 2.75) is 45.1 Å². The predicted octanol–water partition coefficient (Wildman–Crippen LogP) is 1.57. The number of carbonyl (C=O) groups excluding carboxylic acids is 1. The van der Waals surface area contributed by atoms with Crippen LogP contribution >= 0.6 is 0 Å². The van der Waals surface area contributed by atoms with E-state index in [1.165, 1.54) is 12.8 Å². The highest BCUT2D eigenvalue weighted by atomic mass is 16.1. The first-order valence-corrected chi connectivity index (χ1v) is 6.62. The van der Waals surface area contributed by atoms with Gasteiger partial charge in [-0.05, 0) is 25.7 Å². The lowest BCUT2D eigenvalue weighted by atomic mass is 9.83. The Morgan fingerprint density at radius 1 is 1.56 bits per heavy atom. The highest BCUT2D eigenvalue weighted by Crippen LogP contribution is 2.25. The van der Waals surface area contributed by atoms with Gasteiger partial charge in [-0.1, -0.05) is 12.8 Å². The maximum atomic E-state index is 11.9. The van der Waals surface area contributed by atoms with Gasteiger partial charge < -0.3 is 11.1 Å². The van der Waals surface area contributed by atoms with Gasteiger partial charge in [0.25, 0.3) is 0 Å². The van der Waals surface area contributed by atoms with E-state index in [1.807, 2.05) is 20.0 Å². The Kier molecular flexibility index (Phi) is 4.01. The van der Waals surface area contributed by atoms with Crippen LogP contribution in [0.25, 0.3) is 0 Å². The first-order valence-electron chi connectivity index (χ1n) is 6.62. The van der Waals surface area contributed by atoms with E-state index in [-0.39, 0.29) is 11.9 Å². The average molecular weight is 250 g/mol. The van der Waals surface area contributed by atoms with Gasteiger partial charge in [0.05, 0.1) is 0 Å². The third kappa shape index (κ3) is 3.10. The van der Waals surface area contributed by atoms with E-state index in [2.05, 4.69) is 10.4 Å². The molecular formula is C13H22N4O. The number of aromatic nitrogens is 2. The van der Waals surface area contributed by atoms with Crippen LogP contribution in [0.4, 0.5) is 5.82 Å². The number of nitrogens with zero attached hydrogens (tertiary/aromatic N) is 2. The molecule has 0 bridgehead atoms. The van der Waals surface area contributed by atoms with Crippen LogP contribution in [0.1, 0.15) is 37.8 Å². The van der Waals surface area contributed by atoms with E-state index in [9.17, 15) is 4.79 Å². The fourth-order valence-corrected chi connectivity index (χ4v) is 2.54. The van der Waals surface area contributed by atoms with Crippen molar-refractivity contribution in [3.63, 3.8) is 0 Å². The molecule has 1 aromatic heterocycles. The number of rotatable bonds is 3. The van der Waals surface area contributed by atoms with E-state index in [4.69, 9.17) is 5.73 Å². The van der Waals surface area contributed by atoms with Crippen LogP contribution in [0, 0.1) is 12.8 Å². The van der Waals surface area contributed by atoms with Crippen LogP contribution in [-0.2, 0) is 11.8 Å². The van der Waals surface area contributed by atoms with Crippen LogP contribution < -0.4 is 11.1 Å². The molecule has 1 aliphatic rings. The monoisotopic (exact) mass is 250 g/mol. The van der Waals surface area contributed by atoms with Crippen molar-refractivity contribution in [3.05, 3.63) is 11.8 Å². The zero-order valence-electron chi connectivity index (χ0n) is 11.1. The summed E-state index contributed by atoms with van der Waals surface area (Å²) < 4.78 is 1.75.